The van der Waals surface area contributed by atoms with Crippen molar-refractivity contribution in [3.8, 4) is 12.3 Å². The molecular formula is C16H18N4O4. The highest BCUT2D eigenvalue weighted by Gasteiger charge is 2.39. The molecule has 1 aliphatic heterocycles. The molecule has 8 nitrogen and oxygen atoms in total. The number of aliphatic hydroxyl groups excluding tert-OH is 1. The summed E-state index contributed by atoms with van der Waals surface area (Å²) in [6.45, 7) is 0. The molecule has 0 spiro atoms. The zero-order valence-electron chi connectivity index (χ0n) is 12.9. The standard InChI is InChI=1S/C16H18N4O4/c1-2-3-7-16(19-20-16)8-6-12(21)18-13(15(23)24)14(22)11-5-4-9-17-10-11/h1,4-5,9-10,13-14,22H,3,6-8H2,(H,18,21)(H,23,24). The second-order valence-corrected chi connectivity index (χ2v) is 5.50. The van der Waals surface area contributed by atoms with Crippen LogP contribution in [0.4, 0.5) is 0 Å². The number of rotatable bonds is 9. The molecule has 0 fully saturated rings. The molecule has 2 rings (SSSR count). The van der Waals surface area contributed by atoms with Gasteiger partial charge in [0.2, 0.25) is 5.91 Å². The molecule has 1 aromatic heterocycles. The van der Waals surface area contributed by atoms with Crippen molar-refractivity contribution in [1.29, 1.82) is 0 Å². The fraction of sp³-hybridized carbons (Fsp3) is 0.438. The van der Waals surface area contributed by atoms with Gasteiger partial charge in [0.15, 0.2) is 11.7 Å². The molecule has 0 radical (unpaired) electrons. The summed E-state index contributed by atoms with van der Waals surface area (Å²) in [5.74, 6) is 0.666. The molecule has 1 amide bonds. The first-order chi connectivity index (χ1) is 11.5. The normalized spacial score (nSPS) is 16.7. The van der Waals surface area contributed by atoms with Crippen molar-refractivity contribution in [3.63, 3.8) is 0 Å². The van der Waals surface area contributed by atoms with E-state index < -0.39 is 29.7 Å². The molecule has 8 heteroatoms. The van der Waals surface area contributed by atoms with Crippen molar-refractivity contribution in [2.45, 2.75) is 43.5 Å². The molecule has 2 atom stereocenters. The number of terminal acetylenes is 1. The lowest BCUT2D eigenvalue weighted by Crippen LogP contribution is -2.45. The zero-order valence-corrected chi connectivity index (χ0v) is 12.9. The minimum atomic E-state index is -1.46. The second kappa shape index (κ2) is 7.66. The van der Waals surface area contributed by atoms with Gasteiger partial charge in [-0.2, -0.15) is 10.2 Å². The summed E-state index contributed by atoms with van der Waals surface area (Å²) < 4.78 is 0. The van der Waals surface area contributed by atoms with Gasteiger partial charge >= 0.3 is 5.97 Å². The summed E-state index contributed by atoms with van der Waals surface area (Å²) in [7, 11) is 0. The largest absolute Gasteiger partial charge is 0.480 e. The van der Waals surface area contributed by atoms with E-state index in [0.29, 0.717) is 24.8 Å². The quantitative estimate of drug-likeness (QED) is 0.584. The third-order valence-electron chi connectivity index (χ3n) is 3.73. The van der Waals surface area contributed by atoms with Gasteiger partial charge in [-0.05, 0) is 6.07 Å². The lowest BCUT2D eigenvalue weighted by molar-refractivity contribution is -0.145. The molecule has 2 unspecified atom stereocenters. The second-order valence-electron chi connectivity index (χ2n) is 5.50. The highest BCUT2D eigenvalue weighted by Crippen LogP contribution is 2.37. The highest BCUT2D eigenvalue weighted by molar-refractivity contribution is 5.84. The van der Waals surface area contributed by atoms with Crippen molar-refractivity contribution >= 4 is 11.9 Å². The lowest BCUT2D eigenvalue weighted by Gasteiger charge is -2.20. The molecule has 0 saturated carbocycles. The SMILES string of the molecule is C#CCCC1(CCC(=O)NC(C(=O)O)C(O)c2cccnc2)N=N1. The van der Waals surface area contributed by atoms with Crippen LogP contribution < -0.4 is 5.32 Å². The van der Waals surface area contributed by atoms with Crippen LogP contribution in [0.1, 0.15) is 37.4 Å². The van der Waals surface area contributed by atoms with E-state index in [2.05, 4.69) is 26.4 Å². The van der Waals surface area contributed by atoms with Gasteiger partial charge < -0.3 is 15.5 Å². The maximum Gasteiger partial charge on any atom is 0.329 e. The van der Waals surface area contributed by atoms with Crippen molar-refractivity contribution in [3.05, 3.63) is 30.1 Å². The molecule has 0 aromatic carbocycles. The smallest absolute Gasteiger partial charge is 0.329 e. The van der Waals surface area contributed by atoms with Crippen LogP contribution in [-0.2, 0) is 9.59 Å². The fourth-order valence-electron chi connectivity index (χ4n) is 2.25. The molecule has 24 heavy (non-hydrogen) atoms. The van der Waals surface area contributed by atoms with Crippen LogP contribution >= 0.6 is 0 Å². The number of carboxylic acid groups (broad SMARTS) is 1. The molecule has 2 heterocycles. The summed E-state index contributed by atoms with van der Waals surface area (Å²) in [6.07, 6.45) is 8.13. The van der Waals surface area contributed by atoms with Gasteiger partial charge in [0.1, 0.15) is 6.10 Å². The molecule has 1 aromatic rings. The van der Waals surface area contributed by atoms with Crippen molar-refractivity contribution in [1.82, 2.24) is 10.3 Å². The van der Waals surface area contributed by atoms with Crippen LogP contribution in [0.15, 0.2) is 34.8 Å². The maximum atomic E-state index is 12.0. The number of carbonyl (C=O) groups excluding carboxylic acids is 1. The van der Waals surface area contributed by atoms with Gasteiger partial charge in [-0.15, -0.1) is 12.3 Å². The number of pyridine rings is 1. The van der Waals surface area contributed by atoms with E-state index in [1.807, 2.05) is 0 Å². The Morgan fingerprint density at radius 1 is 1.38 bits per heavy atom. The van der Waals surface area contributed by atoms with E-state index >= 15 is 0 Å². The third-order valence-corrected chi connectivity index (χ3v) is 3.73. The number of aromatic nitrogens is 1. The molecule has 126 valence electrons. The number of hydrogen-bond acceptors (Lipinski definition) is 6. The molecule has 3 N–H and O–H groups in total. The summed E-state index contributed by atoms with van der Waals surface area (Å²) >= 11 is 0. The van der Waals surface area contributed by atoms with Gasteiger partial charge in [0.25, 0.3) is 0 Å². The summed E-state index contributed by atoms with van der Waals surface area (Å²) in [4.78, 5) is 27.2. The predicted octanol–water partition coefficient (Wildman–Crippen LogP) is 1.04. The topological polar surface area (TPSA) is 124 Å². The monoisotopic (exact) mass is 330 g/mol. The Balaban J connectivity index is 1.90. The Morgan fingerprint density at radius 3 is 2.67 bits per heavy atom. The van der Waals surface area contributed by atoms with E-state index in [1.54, 1.807) is 6.07 Å². The highest BCUT2D eigenvalue weighted by atomic mass is 16.4. The van der Waals surface area contributed by atoms with Crippen LogP contribution in [0.2, 0.25) is 0 Å². The molecular weight excluding hydrogens is 312 g/mol. The van der Waals surface area contributed by atoms with Gasteiger partial charge in [-0.3, -0.25) is 9.78 Å². The van der Waals surface area contributed by atoms with E-state index in [4.69, 9.17) is 6.42 Å². The molecule has 0 saturated heterocycles. The number of aliphatic hydroxyl groups is 1. The minimum absolute atomic E-state index is 0.0428. The average Bonchev–Trinajstić information content (AvgIpc) is 3.36. The first-order valence-electron chi connectivity index (χ1n) is 7.45. The van der Waals surface area contributed by atoms with E-state index in [-0.39, 0.29) is 6.42 Å². The van der Waals surface area contributed by atoms with Gasteiger partial charge in [-0.25, -0.2) is 4.79 Å². The van der Waals surface area contributed by atoms with Gasteiger partial charge in [0.05, 0.1) is 0 Å². The molecule has 1 aliphatic rings. The summed E-state index contributed by atoms with van der Waals surface area (Å²) in [5, 5.41) is 29.6. The maximum absolute atomic E-state index is 12.0. The summed E-state index contributed by atoms with van der Waals surface area (Å²) in [5.41, 5.74) is -0.299. The van der Waals surface area contributed by atoms with Crippen LogP contribution in [0.5, 0.6) is 0 Å². The van der Waals surface area contributed by atoms with Crippen molar-refractivity contribution in [2.75, 3.05) is 0 Å². The fourth-order valence-corrected chi connectivity index (χ4v) is 2.25. The Hall–Kier alpha value is -2.79. The number of aliphatic carboxylic acids is 1. The number of carboxylic acids is 1. The summed E-state index contributed by atoms with van der Waals surface area (Å²) in [6, 6.07) is 1.65. The predicted molar refractivity (Wildman–Crippen MR) is 83.7 cm³/mol. The van der Waals surface area contributed by atoms with Crippen molar-refractivity contribution in [2.24, 2.45) is 10.2 Å². The van der Waals surface area contributed by atoms with Crippen LogP contribution in [0.25, 0.3) is 0 Å². The minimum Gasteiger partial charge on any atom is -0.480 e. The number of nitrogens with zero attached hydrogens (tertiary/aromatic N) is 3. The van der Waals surface area contributed by atoms with Gasteiger partial charge in [-0.1, -0.05) is 6.07 Å². The Labute approximate surface area is 139 Å². The van der Waals surface area contributed by atoms with Crippen molar-refractivity contribution < 1.29 is 19.8 Å². The lowest BCUT2D eigenvalue weighted by atomic mass is 10.0. The first kappa shape index (κ1) is 17.6. The van der Waals surface area contributed by atoms with E-state index in [1.165, 1.54) is 18.5 Å². The van der Waals surface area contributed by atoms with Gasteiger partial charge in [0, 0.05) is 43.6 Å². The number of amides is 1. The van der Waals surface area contributed by atoms with E-state index in [0.717, 1.165) is 0 Å². The number of hydrogen-bond donors (Lipinski definition) is 3. The zero-order chi connectivity index (χ0) is 17.6. The molecule has 0 aliphatic carbocycles. The third kappa shape index (κ3) is 4.60. The number of carbonyl (C=O) groups is 2. The average molecular weight is 330 g/mol. The Bertz CT molecular complexity index is 662. The van der Waals surface area contributed by atoms with E-state index in [9.17, 15) is 19.8 Å². The van der Waals surface area contributed by atoms with Crippen LogP contribution in [0.3, 0.4) is 0 Å². The Morgan fingerprint density at radius 2 is 2.12 bits per heavy atom. The Kier molecular flexibility index (Phi) is 5.60. The number of nitrogens with one attached hydrogen (secondary N) is 1. The van der Waals surface area contributed by atoms with Crippen LogP contribution in [-0.4, -0.2) is 38.8 Å². The van der Waals surface area contributed by atoms with Crippen LogP contribution in [0, 0.1) is 12.3 Å². The first-order valence-corrected chi connectivity index (χ1v) is 7.45. The molecule has 0 bridgehead atoms.